The molecule has 27 heavy (non-hydrogen) atoms. The van der Waals surface area contributed by atoms with E-state index < -0.39 is 5.92 Å². The number of fused-ring (bicyclic) bond motifs is 1. The molecule has 2 aliphatic rings. The highest BCUT2D eigenvalue weighted by atomic mass is 32.1. The smallest absolute Gasteiger partial charge is 0.311 e. The van der Waals surface area contributed by atoms with E-state index in [9.17, 15) is 14.4 Å². The highest BCUT2D eigenvalue weighted by Gasteiger charge is 2.51. The number of nitrogens with zero attached hydrogens (tertiary/aromatic N) is 3. The molecule has 2 aliphatic heterocycles. The zero-order valence-corrected chi connectivity index (χ0v) is 15.6. The molecule has 3 atom stereocenters. The summed E-state index contributed by atoms with van der Waals surface area (Å²) >= 11 is 1.34. The van der Waals surface area contributed by atoms with Crippen molar-refractivity contribution in [2.75, 3.05) is 20.2 Å². The summed E-state index contributed by atoms with van der Waals surface area (Å²) in [6.45, 7) is 0.378. The Hall–Kier alpha value is -2.74. The predicted molar refractivity (Wildman–Crippen MR) is 98.0 cm³/mol. The third kappa shape index (κ3) is 3.10. The molecule has 1 aromatic carbocycles. The van der Waals surface area contributed by atoms with E-state index in [1.807, 2.05) is 30.3 Å². The molecule has 0 aliphatic carbocycles. The van der Waals surface area contributed by atoms with E-state index in [-0.39, 0.29) is 36.4 Å². The van der Waals surface area contributed by atoms with E-state index in [0.29, 0.717) is 18.7 Å². The molecule has 3 heterocycles. The number of aromatic nitrogens is 1. The number of piperazine rings is 1. The zero-order valence-electron chi connectivity index (χ0n) is 14.8. The molecule has 0 saturated carbocycles. The van der Waals surface area contributed by atoms with Crippen LogP contribution in [-0.4, -0.2) is 58.8 Å². The fourth-order valence-electron chi connectivity index (χ4n) is 4.10. The molecule has 140 valence electrons. The van der Waals surface area contributed by atoms with Gasteiger partial charge in [-0.2, -0.15) is 0 Å². The largest absolute Gasteiger partial charge is 0.469 e. The number of amides is 2. The Morgan fingerprint density at radius 3 is 2.70 bits per heavy atom. The maximum Gasteiger partial charge on any atom is 0.311 e. The summed E-state index contributed by atoms with van der Waals surface area (Å²) < 4.78 is 4.99. The number of ether oxygens (including phenoxy) is 1. The summed E-state index contributed by atoms with van der Waals surface area (Å²) in [6.07, 6.45) is 0.471. The maximum atomic E-state index is 13.0. The van der Waals surface area contributed by atoms with Crippen LogP contribution in [0.3, 0.4) is 0 Å². The van der Waals surface area contributed by atoms with E-state index >= 15 is 0 Å². The van der Waals surface area contributed by atoms with Crippen LogP contribution in [0, 0.1) is 5.92 Å². The van der Waals surface area contributed by atoms with Gasteiger partial charge in [0.05, 0.1) is 30.6 Å². The summed E-state index contributed by atoms with van der Waals surface area (Å²) in [4.78, 5) is 45.3. The molecular weight excluding hydrogens is 366 g/mol. The number of benzene rings is 1. The van der Waals surface area contributed by atoms with Gasteiger partial charge in [-0.15, -0.1) is 11.3 Å². The number of esters is 1. The van der Waals surface area contributed by atoms with E-state index in [1.165, 1.54) is 23.3 Å². The Morgan fingerprint density at radius 2 is 2.04 bits per heavy atom. The standard InChI is InChI=1S/C19H19N3O4S/c1-26-19(25)14-7-13-8-21(18(24)15-10-27-11-20-15)9-16(23)22(13)17(14)12-5-3-2-4-6-12/h2-6,10-11,13-14,17H,7-9H2,1H3/t13-,14-,17-/m0/s1. The van der Waals surface area contributed by atoms with Gasteiger partial charge in [-0.1, -0.05) is 30.3 Å². The minimum absolute atomic E-state index is 0.00984. The molecular formula is C19H19N3O4S. The van der Waals surface area contributed by atoms with Gasteiger partial charge in [0.25, 0.3) is 5.91 Å². The van der Waals surface area contributed by atoms with Crippen LogP contribution in [0.4, 0.5) is 0 Å². The molecule has 0 radical (unpaired) electrons. The van der Waals surface area contributed by atoms with Gasteiger partial charge in [0.1, 0.15) is 12.2 Å². The second kappa shape index (κ2) is 7.11. The van der Waals surface area contributed by atoms with Crippen LogP contribution in [0.2, 0.25) is 0 Å². The van der Waals surface area contributed by atoms with Gasteiger partial charge in [0.15, 0.2) is 0 Å². The van der Waals surface area contributed by atoms with Crippen molar-refractivity contribution in [3.8, 4) is 0 Å². The Balaban J connectivity index is 1.63. The molecule has 4 rings (SSSR count). The first-order chi connectivity index (χ1) is 13.1. The predicted octanol–water partition coefficient (Wildman–Crippen LogP) is 1.73. The average Bonchev–Trinajstić information content (AvgIpc) is 3.35. The average molecular weight is 385 g/mol. The second-order valence-electron chi connectivity index (χ2n) is 6.74. The van der Waals surface area contributed by atoms with Gasteiger partial charge in [0.2, 0.25) is 5.91 Å². The first kappa shape index (κ1) is 17.7. The summed E-state index contributed by atoms with van der Waals surface area (Å²) in [7, 11) is 1.36. The molecule has 0 N–H and O–H groups in total. The van der Waals surface area contributed by atoms with Crippen LogP contribution >= 0.6 is 11.3 Å². The van der Waals surface area contributed by atoms with E-state index in [2.05, 4.69) is 4.98 Å². The molecule has 2 amide bonds. The molecule has 2 saturated heterocycles. The van der Waals surface area contributed by atoms with Crippen molar-refractivity contribution in [1.29, 1.82) is 0 Å². The Labute approximate surface area is 160 Å². The molecule has 8 heteroatoms. The van der Waals surface area contributed by atoms with Crippen molar-refractivity contribution < 1.29 is 19.1 Å². The number of hydrogen-bond acceptors (Lipinski definition) is 6. The lowest BCUT2D eigenvalue weighted by Gasteiger charge is -2.39. The second-order valence-corrected chi connectivity index (χ2v) is 7.45. The van der Waals surface area contributed by atoms with Crippen molar-refractivity contribution in [2.45, 2.75) is 18.5 Å². The number of carbonyl (C=O) groups is 3. The summed E-state index contributed by atoms with van der Waals surface area (Å²) in [6, 6.07) is 8.94. The first-order valence-electron chi connectivity index (χ1n) is 8.71. The molecule has 0 bridgehead atoms. The fourth-order valence-corrected chi connectivity index (χ4v) is 4.62. The van der Waals surface area contributed by atoms with Crippen LogP contribution in [0.1, 0.15) is 28.5 Å². The molecule has 0 spiro atoms. The lowest BCUT2D eigenvalue weighted by Crippen LogP contribution is -2.55. The first-order valence-corrected chi connectivity index (χ1v) is 9.66. The molecule has 2 fully saturated rings. The molecule has 1 aromatic heterocycles. The molecule has 7 nitrogen and oxygen atoms in total. The van der Waals surface area contributed by atoms with Crippen molar-refractivity contribution >= 4 is 29.1 Å². The minimum atomic E-state index is -0.444. The zero-order chi connectivity index (χ0) is 19.0. The molecule has 0 unspecified atom stereocenters. The monoisotopic (exact) mass is 385 g/mol. The van der Waals surface area contributed by atoms with Crippen LogP contribution in [0.25, 0.3) is 0 Å². The third-order valence-electron chi connectivity index (χ3n) is 5.23. The van der Waals surface area contributed by atoms with Gasteiger partial charge in [-0.3, -0.25) is 14.4 Å². The van der Waals surface area contributed by atoms with Crippen molar-refractivity contribution in [2.24, 2.45) is 5.92 Å². The highest BCUT2D eigenvalue weighted by Crippen LogP contribution is 2.43. The Bertz CT molecular complexity index is 855. The third-order valence-corrected chi connectivity index (χ3v) is 5.82. The van der Waals surface area contributed by atoms with Crippen LogP contribution in [0.5, 0.6) is 0 Å². The fraction of sp³-hybridized carbons (Fsp3) is 0.368. The summed E-state index contributed by atoms with van der Waals surface area (Å²) in [5, 5.41) is 1.68. The van der Waals surface area contributed by atoms with Crippen molar-refractivity contribution in [1.82, 2.24) is 14.8 Å². The maximum absolute atomic E-state index is 13.0. The number of carbonyl (C=O) groups excluding carboxylic acids is 3. The van der Waals surface area contributed by atoms with Gasteiger partial charge < -0.3 is 14.5 Å². The normalized spacial score (nSPS) is 24.6. The van der Waals surface area contributed by atoms with Gasteiger partial charge in [-0.05, 0) is 12.0 Å². The van der Waals surface area contributed by atoms with Gasteiger partial charge in [0, 0.05) is 11.9 Å². The van der Waals surface area contributed by atoms with E-state index in [0.717, 1.165) is 5.56 Å². The SMILES string of the molecule is COC(=O)[C@H]1C[C@H]2CN(C(=O)c3cscn3)CC(=O)N2[C@H]1c1ccccc1. The lowest BCUT2D eigenvalue weighted by molar-refractivity contribution is -0.147. The van der Waals surface area contributed by atoms with Gasteiger partial charge in [-0.25, -0.2) is 4.98 Å². The molecule has 2 aromatic rings. The number of thiazole rings is 1. The highest BCUT2D eigenvalue weighted by molar-refractivity contribution is 7.07. The van der Waals surface area contributed by atoms with Gasteiger partial charge >= 0.3 is 5.97 Å². The summed E-state index contributed by atoms with van der Waals surface area (Å²) in [5.41, 5.74) is 2.85. The van der Waals surface area contributed by atoms with Crippen LogP contribution < -0.4 is 0 Å². The van der Waals surface area contributed by atoms with Crippen molar-refractivity contribution in [3.63, 3.8) is 0 Å². The number of methoxy groups -OCH3 is 1. The number of rotatable bonds is 3. The van der Waals surface area contributed by atoms with Crippen molar-refractivity contribution in [3.05, 3.63) is 52.5 Å². The van der Waals surface area contributed by atoms with E-state index in [1.54, 1.807) is 15.8 Å². The lowest BCUT2D eigenvalue weighted by atomic mass is 9.93. The number of hydrogen-bond donors (Lipinski definition) is 0. The van der Waals surface area contributed by atoms with Crippen LogP contribution in [-0.2, 0) is 14.3 Å². The topological polar surface area (TPSA) is 79.8 Å². The van der Waals surface area contributed by atoms with Crippen LogP contribution in [0.15, 0.2) is 41.2 Å². The Kier molecular flexibility index (Phi) is 4.65. The van der Waals surface area contributed by atoms with E-state index in [4.69, 9.17) is 4.74 Å². The Morgan fingerprint density at radius 1 is 1.26 bits per heavy atom. The summed E-state index contributed by atoms with van der Waals surface area (Å²) in [5.74, 6) is -1.18. The quantitative estimate of drug-likeness (QED) is 0.752. The minimum Gasteiger partial charge on any atom is -0.469 e.